The van der Waals surface area contributed by atoms with Gasteiger partial charge in [0.15, 0.2) is 0 Å². The van der Waals surface area contributed by atoms with Crippen LogP contribution in [0.1, 0.15) is 43.0 Å². The van der Waals surface area contributed by atoms with E-state index in [4.69, 9.17) is 0 Å². The highest BCUT2D eigenvalue weighted by Crippen LogP contribution is 2.39. The molecule has 1 aromatic heterocycles. The van der Waals surface area contributed by atoms with Crippen LogP contribution < -0.4 is 10.6 Å². The molecule has 1 unspecified atom stereocenters. The van der Waals surface area contributed by atoms with Gasteiger partial charge in [0.25, 0.3) is 5.91 Å². The second kappa shape index (κ2) is 7.88. The summed E-state index contributed by atoms with van der Waals surface area (Å²) in [5.41, 5.74) is 2.87. The third kappa shape index (κ3) is 4.01. The lowest BCUT2D eigenvalue weighted by Gasteiger charge is -2.35. The highest BCUT2D eigenvalue weighted by Gasteiger charge is 2.32. The van der Waals surface area contributed by atoms with Crippen LogP contribution in [0, 0.1) is 5.92 Å². The summed E-state index contributed by atoms with van der Waals surface area (Å²) in [6, 6.07) is 12.4. The minimum absolute atomic E-state index is 0.240. The number of aromatic nitrogens is 2. The number of aliphatic hydroxyl groups is 1. The van der Waals surface area contributed by atoms with E-state index >= 15 is 0 Å². The number of hydrogen-bond donors (Lipinski definition) is 3. The summed E-state index contributed by atoms with van der Waals surface area (Å²) in [6.45, 7) is 0. The molecule has 4 rings (SSSR count). The molecule has 1 fully saturated rings. The maximum absolute atomic E-state index is 12.5. The van der Waals surface area contributed by atoms with Crippen LogP contribution in [0.5, 0.6) is 0 Å². The van der Waals surface area contributed by atoms with Crippen molar-refractivity contribution >= 4 is 5.91 Å². The van der Waals surface area contributed by atoms with Crippen LogP contribution in [0.15, 0.2) is 60.1 Å². The van der Waals surface area contributed by atoms with Gasteiger partial charge in [-0.25, -0.2) is 9.97 Å². The number of nitrogens with one attached hydrogen (secondary N) is 2. The summed E-state index contributed by atoms with van der Waals surface area (Å²) in [5, 5.41) is 15.6. The van der Waals surface area contributed by atoms with Crippen molar-refractivity contribution in [3.8, 4) is 0 Å². The molecular weight excluding hydrogens is 340 g/mol. The van der Waals surface area contributed by atoms with Gasteiger partial charge >= 0.3 is 0 Å². The van der Waals surface area contributed by atoms with Crippen molar-refractivity contribution in [2.45, 2.75) is 44.4 Å². The maximum atomic E-state index is 12.5. The monoisotopic (exact) mass is 364 g/mol. The highest BCUT2D eigenvalue weighted by molar-refractivity contribution is 5.95. The molecule has 1 aliphatic heterocycles. The summed E-state index contributed by atoms with van der Waals surface area (Å²) >= 11 is 0. The predicted octanol–water partition coefficient (Wildman–Crippen LogP) is 2.24. The molecule has 0 saturated heterocycles. The highest BCUT2D eigenvalue weighted by atomic mass is 16.3. The van der Waals surface area contributed by atoms with E-state index in [1.807, 2.05) is 6.07 Å². The molecule has 6 nitrogen and oxygen atoms in total. The molecule has 6 heteroatoms. The molecule has 0 spiro atoms. The molecule has 2 aromatic rings. The first kappa shape index (κ1) is 17.7. The fourth-order valence-corrected chi connectivity index (χ4v) is 4.16. The summed E-state index contributed by atoms with van der Waals surface area (Å²) in [6.07, 6.45) is 6.80. The first-order valence-electron chi connectivity index (χ1n) is 9.50. The quantitative estimate of drug-likeness (QED) is 0.775. The largest absolute Gasteiger partial charge is 0.356 e. The van der Waals surface area contributed by atoms with Gasteiger partial charge in [0, 0.05) is 30.1 Å². The Hall–Kier alpha value is -2.73. The molecule has 2 heterocycles. The molecule has 1 amide bonds. The van der Waals surface area contributed by atoms with Crippen LogP contribution in [-0.4, -0.2) is 27.3 Å². The summed E-state index contributed by atoms with van der Waals surface area (Å²) in [4.78, 5) is 21.0. The van der Waals surface area contributed by atoms with Crippen molar-refractivity contribution in [2.24, 2.45) is 5.92 Å². The van der Waals surface area contributed by atoms with Gasteiger partial charge in [0.1, 0.15) is 5.82 Å². The molecule has 2 aliphatic rings. The van der Waals surface area contributed by atoms with Crippen LogP contribution in [0.4, 0.5) is 0 Å². The lowest BCUT2D eigenvalue weighted by molar-refractivity contribution is -0.122. The van der Waals surface area contributed by atoms with Crippen molar-refractivity contribution in [3.63, 3.8) is 0 Å². The van der Waals surface area contributed by atoms with Gasteiger partial charge in [0.2, 0.25) is 6.35 Å². The van der Waals surface area contributed by atoms with Gasteiger partial charge in [-0.3, -0.25) is 4.79 Å². The fraction of sp³-hybridized carbons (Fsp3) is 0.381. The standard InChI is InChI=1S/C21H24N4O2/c26-20-17(13-18-22-11-4-12-23-18)19(24-21(27)25-20)16-9-7-15(8-10-16)14-5-2-1-3-6-14/h1-6,11-12,15-16,21,24,27H,7-10,13H2,(H,25,26)/t15-,16-,21?. The van der Waals surface area contributed by atoms with Crippen molar-refractivity contribution < 1.29 is 9.90 Å². The van der Waals surface area contributed by atoms with Gasteiger partial charge < -0.3 is 15.7 Å². The Kier molecular flexibility index (Phi) is 5.16. The average molecular weight is 364 g/mol. The third-order valence-corrected chi connectivity index (χ3v) is 5.52. The van der Waals surface area contributed by atoms with Crippen LogP contribution in [0.25, 0.3) is 0 Å². The number of amides is 1. The number of hydrogen-bond acceptors (Lipinski definition) is 5. The molecule has 1 atom stereocenters. The summed E-state index contributed by atoms with van der Waals surface area (Å²) in [5.74, 6) is 1.17. The van der Waals surface area contributed by atoms with Crippen molar-refractivity contribution in [1.82, 2.24) is 20.6 Å². The smallest absolute Gasteiger partial charge is 0.252 e. The zero-order valence-corrected chi connectivity index (χ0v) is 15.1. The van der Waals surface area contributed by atoms with E-state index in [-0.39, 0.29) is 11.8 Å². The topological polar surface area (TPSA) is 87.1 Å². The second-order valence-corrected chi connectivity index (χ2v) is 7.21. The van der Waals surface area contributed by atoms with Gasteiger partial charge in [0.05, 0.1) is 0 Å². The number of rotatable bonds is 4. The lowest BCUT2D eigenvalue weighted by atomic mass is 9.76. The minimum Gasteiger partial charge on any atom is -0.356 e. The Bertz CT molecular complexity index is 815. The Balaban J connectivity index is 1.54. The molecule has 1 aliphatic carbocycles. The zero-order valence-electron chi connectivity index (χ0n) is 15.1. The number of nitrogens with zero attached hydrogens (tertiary/aromatic N) is 2. The van der Waals surface area contributed by atoms with E-state index in [9.17, 15) is 9.90 Å². The lowest BCUT2D eigenvalue weighted by Crippen LogP contribution is -2.52. The van der Waals surface area contributed by atoms with E-state index < -0.39 is 6.35 Å². The van der Waals surface area contributed by atoms with Gasteiger partial charge in [-0.15, -0.1) is 0 Å². The number of carbonyl (C=O) groups is 1. The van der Waals surface area contributed by atoms with Gasteiger partial charge in [-0.1, -0.05) is 30.3 Å². The average Bonchev–Trinajstić information content (AvgIpc) is 2.71. The first-order chi connectivity index (χ1) is 13.2. The molecule has 140 valence electrons. The Morgan fingerprint density at radius 1 is 0.926 bits per heavy atom. The Morgan fingerprint density at radius 3 is 2.30 bits per heavy atom. The first-order valence-corrected chi connectivity index (χ1v) is 9.50. The number of aliphatic hydroxyl groups excluding tert-OH is 1. The third-order valence-electron chi connectivity index (χ3n) is 5.52. The Morgan fingerprint density at radius 2 is 1.59 bits per heavy atom. The normalized spacial score (nSPS) is 25.7. The molecule has 27 heavy (non-hydrogen) atoms. The van der Waals surface area contributed by atoms with Crippen molar-refractivity contribution in [2.75, 3.05) is 0 Å². The zero-order chi connectivity index (χ0) is 18.6. The van der Waals surface area contributed by atoms with E-state index in [0.717, 1.165) is 31.4 Å². The number of benzene rings is 1. The summed E-state index contributed by atoms with van der Waals surface area (Å²) in [7, 11) is 0. The Labute approximate surface area is 158 Å². The van der Waals surface area contributed by atoms with Crippen LogP contribution in [0.2, 0.25) is 0 Å². The van der Waals surface area contributed by atoms with Crippen molar-refractivity contribution in [3.05, 3.63) is 71.4 Å². The maximum Gasteiger partial charge on any atom is 0.252 e. The van der Waals surface area contributed by atoms with E-state index in [0.29, 0.717) is 23.7 Å². The van der Waals surface area contributed by atoms with Gasteiger partial charge in [-0.05, 0) is 49.1 Å². The van der Waals surface area contributed by atoms with Crippen LogP contribution in [-0.2, 0) is 11.2 Å². The molecule has 1 saturated carbocycles. The van der Waals surface area contributed by atoms with E-state index in [2.05, 4.69) is 44.9 Å². The second-order valence-electron chi connectivity index (χ2n) is 7.21. The molecule has 0 radical (unpaired) electrons. The SMILES string of the molecule is O=C1NC(O)NC([C@H]2CC[C@H](c3ccccc3)CC2)=C1Cc1ncccn1. The number of carbonyl (C=O) groups excluding carboxylic acids is 1. The predicted molar refractivity (Wildman–Crippen MR) is 101 cm³/mol. The molecule has 3 N–H and O–H groups in total. The van der Waals surface area contributed by atoms with Crippen LogP contribution in [0.3, 0.4) is 0 Å². The summed E-state index contributed by atoms with van der Waals surface area (Å²) < 4.78 is 0. The van der Waals surface area contributed by atoms with E-state index in [1.165, 1.54) is 5.56 Å². The van der Waals surface area contributed by atoms with Crippen LogP contribution >= 0.6 is 0 Å². The minimum atomic E-state index is -1.04. The fourth-order valence-electron chi connectivity index (χ4n) is 4.16. The molecule has 0 bridgehead atoms. The molecular formula is C21H24N4O2. The van der Waals surface area contributed by atoms with Crippen molar-refractivity contribution in [1.29, 1.82) is 0 Å². The number of allylic oxidation sites excluding steroid dienone is 1. The van der Waals surface area contributed by atoms with E-state index in [1.54, 1.807) is 18.5 Å². The van der Waals surface area contributed by atoms with Gasteiger partial charge in [-0.2, -0.15) is 0 Å². The molecule has 1 aromatic carbocycles.